The van der Waals surface area contributed by atoms with Crippen LogP contribution in [0.5, 0.6) is 0 Å². The summed E-state index contributed by atoms with van der Waals surface area (Å²) in [6.07, 6.45) is 19.2. The van der Waals surface area contributed by atoms with Crippen LogP contribution in [0.25, 0.3) is 0 Å². The van der Waals surface area contributed by atoms with Crippen LogP contribution in [0.2, 0.25) is 0 Å². The van der Waals surface area contributed by atoms with E-state index in [1.54, 1.807) is 13.8 Å². The first kappa shape index (κ1) is 24.0. The Hall–Kier alpha value is -1.68. The summed E-state index contributed by atoms with van der Waals surface area (Å²) in [4.78, 5) is 0. The lowest BCUT2D eigenvalue weighted by Gasteiger charge is -2.42. The highest BCUT2D eigenvalue weighted by atomic mass is 16.3. The molecule has 3 aliphatic rings. The summed E-state index contributed by atoms with van der Waals surface area (Å²) in [5, 5.41) is 30.0. The predicted octanol–water partition coefficient (Wildman–Crippen LogP) is 5.57. The largest absolute Gasteiger partial charge is 0.393 e. The normalized spacial score (nSPS) is 35.9. The Morgan fingerprint density at radius 2 is 1.97 bits per heavy atom. The quantitative estimate of drug-likeness (QED) is 0.399. The molecule has 0 saturated heterocycles. The second kappa shape index (κ2) is 9.44. The second-order valence-corrected chi connectivity index (χ2v) is 10.5. The molecule has 3 aliphatic carbocycles. The Balaban J connectivity index is 1.75. The van der Waals surface area contributed by atoms with Crippen molar-refractivity contribution in [2.24, 2.45) is 17.3 Å². The molecule has 0 aromatic rings. The lowest BCUT2D eigenvalue weighted by atomic mass is 9.62. The number of aliphatic hydroxyl groups excluding tert-OH is 2. The predicted molar refractivity (Wildman–Crippen MR) is 128 cm³/mol. The van der Waals surface area contributed by atoms with Crippen LogP contribution < -0.4 is 0 Å². The van der Waals surface area contributed by atoms with Gasteiger partial charge in [-0.3, -0.25) is 0 Å². The van der Waals surface area contributed by atoms with Gasteiger partial charge in [-0.05, 0) is 74.3 Å². The molecule has 2 saturated carbocycles. The Morgan fingerprint density at radius 3 is 2.68 bits per heavy atom. The van der Waals surface area contributed by atoms with Crippen molar-refractivity contribution < 1.29 is 15.3 Å². The van der Waals surface area contributed by atoms with Gasteiger partial charge >= 0.3 is 0 Å². The molecule has 0 aliphatic heterocycles. The van der Waals surface area contributed by atoms with E-state index in [0.717, 1.165) is 24.0 Å². The molecule has 3 heteroatoms. The smallest absolute Gasteiger partial charge is 0.0811 e. The molecule has 0 bridgehead atoms. The maximum atomic E-state index is 10.1. The van der Waals surface area contributed by atoms with Crippen molar-refractivity contribution in [3.8, 4) is 0 Å². The lowest BCUT2D eigenvalue weighted by molar-refractivity contribution is 0.0862. The van der Waals surface area contributed by atoms with Gasteiger partial charge in [-0.1, -0.05) is 74.1 Å². The van der Waals surface area contributed by atoms with Crippen LogP contribution >= 0.6 is 0 Å². The highest BCUT2D eigenvalue weighted by Crippen LogP contribution is 2.56. The number of fused-ring (bicyclic) bond motifs is 1. The van der Waals surface area contributed by atoms with E-state index in [4.69, 9.17) is 0 Å². The van der Waals surface area contributed by atoms with Gasteiger partial charge in [0.1, 0.15) is 0 Å². The third-order valence-electron chi connectivity index (χ3n) is 7.38. The molecule has 0 unspecified atom stereocenters. The summed E-state index contributed by atoms with van der Waals surface area (Å²) in [6, 6.07) is 0. The van der Waals surface area contributed by atoms with E-state index in [1.807, 2.05) is 12.2 Å². The molecule has 0 amide bonds. The van der Waals surface area contributed by atoms with Crippen molar-refractivity contribution in [1.29, 1.82) is 0 Å². The van der Waals surface area contributed by atoms with Gasteiger partial charge in [0.25, 0.3) is 0 Å². The van der Waals surface area contributed by atoms with Crippen molar-refractivity contribution in [2.75, 3.05) is 0 Å². The first-order valence-corrected chi connectivity index (χ1v) is 11.7. The summed E-state index contributed by atoms with van der Waals surface area (Å²) in [5.74, 6) is 0.880. The molecule has 31 heavy (non-hydrogen) atoms. The zero-order valence-electron chi connectivity index (χ0n) is 19.6. The van der Waals surface area contributed by atoms with E-state index in [9.17, 15) is 15.3 Å². The topological polar surface area (TPSA) is 60.7 Å². The monoisotopic (exact) mass is 424 g/mol. The number of rotatable bonds is 5. The van der Waals surface area contributed by atoms with Crippen LogP contribution in [0, 0.1) is 17.3 Å². The van der Waals surface area contributed by atoms with Crippen molar-refractivity contribution in [1.82, 2.24) is 0 Å². The molecule has 3 N–H and O–H groups in total. The van der Waals surface area contributed by atoms with Gasteiger partial charge in [-0.15, -0.1) is 0 Å². The summed E-state index contributed by atoms with van der Waals surface area (Å²) in [6.45, 7) is 12.3. The van der Waals surface area contributed by atoms with Gasteiger partial charge < -0.3 is 15.3 Å². The zero-order valence-corrected chi connectivity index (χ0v) is 19.6. The second-order valence-electron chi connectivity index (χ2n) is 10.5. The van der Waals surface area contributed by atoms with Crippen LogP contribution in [0.1, 0.15) is 66.2 Å². The van der Waals surface area contributed by atoms with E-state index in [0.29, 0.717) is 24.7 Å². The summed E-state index contributed by atoms with van der Waals surface area (Å²) in [5.41, 5.74) is 4.12. The Kier molecular flexibility index (Phi) is 7.30. The number of hydrogen-bond acceptors (Lipinski definition) is 3. The van der Waals surface area contributed by atoms with Gasteiger partial charge in [0.2, 0.25) is 0 Å². The Morgan fingerprint density at radius 1 is 1.23 bits per heavy atom. The minimum atomic E-state index is -0.787. The minimum absolute atomic E-state index is 0.176. The molecule has 0 aromatic heterocycles. The standard InChI is InChI=1S/C28H40O3/c1-19(9-6-7-15-27(3,4)31)24-13-14-25-21(10-8-16-28(24,25)5)11-12-22-17-23(29)18-26(30)20(22)2/h6-7,9,11-13,15,19,23,25-26,29-31H,2,8,10,14,16-18H2,1,3-5H3/b9-6+,15-7+,21-11+,22-12-/t19-,23-,25+,26+,28-/m1/s1. The SMILES string of the molecule is C=C1/C(=C\C=C2/CCC[C@]3(C)C([C@H](C)/C=C/C=C/C(C)(C)O)=CC[C@@H]23)C[C@@H](O)C[C@@H]1O. The van der Waals surface area contributed by atoms with Crippen molar-refractivity contribution in [3.63, 3.8) is 0 Å². The van der Waals surface area contributed by atoms with Crippen LogP contribution in [0.3, 0.4) is 0 Å². The summed E-state index contributed by atoms with van der Waals surface area (Å²) < 4.78 is 0. The average molecular weight is 425 g/mol. The zero-order chi connectivity index (χ0) is 22.8. The van der Waals surface area contributed by atoms with E-state index < -0.39 is 17.8 Å². The van der Waals surface area contributed by atoms with Crippen LogP contribution in [-0.4, -0.2) is 33.1 Å². The van der Waals surface area contributed by atoms with Crippen LogP contribution in [0.4, 0.5) is 0 Å². The molecular weight excluding hydrogens is 384 g/mol. The molecule has 170 valence electrons. The maximum Gasteiger partial charge on any atom is 0.0811 e. The maximum absolute atomic E-state index is 10.1. The fraction of sp³-hybridized carbons (Fsp3) is 0.571. The van der Waals surface area contributed by atoms with Crippen molar-refractivity contribution >= 4 is 0 Å². The van der Waals surface area contributed by atoms with Gasteiger partial charge in [-0.25, -0.2) is 0 Å². The van der Waals surface area contributed by atoms with E-state index in [-0.39, 0.29) is 5.41 Å². The number of aliphatic hydroxyl groups is 3. The van der Waals surface area contributed by atoms with Gasteiger partial charge in [0, 0.05) is 6.42 Å². The molecule has 3 nitrogen and oxygen atoms in total. The highest BCUT2D eigenvalue weighted by molar-refractivity contribution is 5.40. The third kappa shape index (κ3) is 5.58. The fourth-order valence-electron chi connectivity index (χ4n) is 5.65. The molecule has 0 spiro atoms. The Labute approximate surface area is 188 Å². The molecule has 0 radical (unpaired) electrons. The molecule has 0 heterocycles. The molecule has 2 fully saturated rings. The molecule has 5 atom stereocenters. The van der Waals surface area contributed by atoms with Crippen molar-refractivity contribution in [2.45, 2.75) is 84.0 Å². The first-order chi connectivity index (χ1) is 14.5. The minimum Gasteiger partial charge on any atom is -0.393 e. The van der Waals surface area contributed by atoms with Gasteiger partial charge in [0.15, 0.2) is 0 Å². The van der Waals surface area contributed by atoms with E-state index >= 15 is 0 Å². The van der Waals surface area contributed by atoms with E-state index in [1.165, 1.54) is 24.0 Å². The highest BCUT2D eigenvalue weighted by Gasteiger charge is 2.45. The fourth-order valence-corrected chi connectivity index (χ4v) is 5.65. The molecule has 3 rings (SSSR count). The van der Waals surface area contributed by atoms with Gasteiger partial charge in [-0.2, -0.15) is 0 Å². The number of allylic oxidation sites excluding steroid dienone is 8. The summed E-state index contributed by atoms with van der Waals surface area (Å²) in [7, 11) is 0. The number of hydrogen-bond donors (Lipinski definition) is 3. The average Bonchev–Trinajstić information content (AvgIpc) is 3.03. The molecule has 0 aromatic carbocycles. The van der Waals surface area contributed by atoms with E-state index in [2.05, 4.69) is 50.8 Å². The lowest BCUT2D eigenvalue weighted by Crippen LogP contribution is -2.32. The third-order valence-corrected chi connectivity index (χ3v) is 7.38. The van der Waals surface area contributed by atoms with Gasteiger partial charge in [0.05, 0.1) is 17.8 Å². The first-order valence-electron chi connectivity index (χ1n) is 11.7. The van der Waals surface area contributed by atoms with Crippen LogP contribution in [-0.2, 0) is 0 Å². The Bertz CT molecular complexity index is 833. The molecular formula is C28H40O3. The van der Waals surface area contributed by atoms with Crippen LogP contribution in [0.15, 0.2) is 71.4 Å². The van der Waals surface area contributed by atoms with Crippen molar-refractivity contribution in [3.05, 3.63) is 71.4 Å². The summed E-state index contributed by atoms with van der Waals surface area (Å²) >= 11 is 0.